The zero-order valence-electron chi connectivity index (χ0n) is 18.5. The van der Waals surface area contributed by atoms with Crippen molar-refractivity contribution in [2.45, 2.75) is 34.6 Å². The van der Waals surface area contributed by atoms with Crippen LogP contribution in [-0.2, 0) is 9.59 Å². The standard InChI is InChI=1S/C27H26N2O2/c1-16-10-12-21(14-19(16)4)24-25(28-23-9-7-6-8-18(23)3)27(31)29(26(24)30)22-13-11-17(2)20(5)15-22/h6-15,28H,1-5H3. The van der Waals surface area contributed by atoms with Gasteiger partial charge in [0.25, 0.3) is 11.8 Å². The van der Waals surface area contributed by atoms with E-state index < -0.39 is 0 Å². The van der Waals surface area contributed by atoms with Crippen molar-refractivity contribution in [1.29, 1.82) is 0 Å². The first-order chi connectivity index (χ1) is 14.8. The predicted octanol–water partition coefficient (Wildman–Crippen LogP) is 5.63. The molecule has 0 unspecified atom stereocenters. The Hall–Kier alpha value is -3.66. The molecule has 4 heteroatoms. The number of imide groups is 1. The fraction of sp³-hybridized carbons (Fsp3) is 0.185. The highest BCUT2D eigenvalue weighted by Crippen LogP contribution is 2.35. The van der Waals surface area contributed by atoms with Gasteiger partial charge in [0.15, 0.2) is 0 Å². The normalized spacial score (nSPS) is 13.9. The van der Waals surface area contributed by atoms with Gasteiger partial charge in [0.2, 0.25) is 0 Å². The molecule has 4 nitrogen and oxygen atoms in total. The summed E-state index contributed by atoms with van der Waals surface area (Å²) < 4.78 is 0. The number of hydrogen-bond acceptors (Lipinski definition) is 3. The van der Waals surface area contributed by atoms with Crippen LogP contribution in [0, 0.1) is 34.6 Å². The van der Waals surface area contributed by atoms with Crippen molar-refractivity contribution in [3.63, 3.8) is 0 Å². The van der Waals surface area contributed by atoms with Crippen LogP contribution < -0.4 is 10.2 Å². The summed E-state index contributed by atoms with van der Waals surface area (Å²) in [6.07, 6.45) is 0. The number of anilines is 2. The molecule has 0 radical (unpaired) electrons. The molecule has 0 saturated carbocycles. The largest absolute Gasteiger partial charge is 0.350 e. The predicted molar refractivity (Wildman–Crippen MR) is 126 cm³/mol. The number of nitrogens with zero attached hydrogens (tertiary/aromatic N) is 1. The average Bonchev–Trinajstić information content (AvgIpc) is 2.98. The van der Waals surface area contributed by atoms with Gasteiger partial charge in [0, 0.05) is 5.69 Å². The van der Waals surface area contributed by atoms with Crippen LogP contribution in [0.5, 0.6) is 0 Å². The Morgan fingerprint density at radius 3 is 1.94 bits per heavy atom. The lowest BCUT2D eigenvalue weighted by Gasteiger charge is -2.17. The van der Waals surface area contributed by atoms with E-state index in [0.29, 0.717) is 17.0 Å². The third kappa shape index (κ3) is 3.66. The summed E-state index contributed by atoms with van der Waals surface area (Å²) in [5.41, 5.74) is 8.20. The molecular weight excluding hydrogens is 384 g/mol. The molecule has 3 aromatic carbocycles. The monoisotopic (exact) mass is 410 g/mol. The van der Waals surface area contributed by atoms with Crippen LogP contribution in [0.15, 0.2) is 66.4 Å². The quantitative estimate of drug-likeness (QED) is 0.568. The van der Waals surface area contributed by atoms with E-state index in [-0.39, 0.29) is 11.8 Å². The molecule has 156 valence electrons. The van der Waals surface area contributed by atoms with Crippen LogP contribution in [0.2, 0.25) is 0 Å². The van der Waals surface area contributed by atoms with Crippen LogP contribution >= 0.6 is 0 Å². The first kappa shape index (κ1) is 20.6. The van der Waals surface area contributed by atoms with Gasteiger partial charge in [-0.05, 0) is 86.2 Å². The van der Waals surface area contributed by atoms with Gasteiger partial charge in [-0.25, -0.2) is 4.90 Å². The van der Waals surface area contributed by atoms with E-state index >= 15 is 0 Å². The highest BCUT2D eigenvalue weighted by Gasteiger charge is 2.40. The van der Waals surface area contributed by atoms with Crippen molar-refractivity contribution in [3.05, 3.63) is 99.7 Å². The highest BCUT2D eigenvalue weighted by atomic mass is 16.2. The maximum atomic E-state index is 13.6. The number of amides is 2. The SMILES string of the molecule is Cc1ccc(C2=C(Nc3ccccc3C)C(=O)N(c3ccc(C)c(C)c3)C2=O)cc1C. The Balaban J connectivity index is 1.87. The first-order valence-electron chi connectivity index (χ1n) is 10.4. The first-order valence-corrected chi connectivity index (χ1v) is 10.4. The van der Waals surface area contributed by atoms with E-state index in [9.17, 15) is 9.59 Å². The molecule has 4 rings (SSSR count). The lowest BCUT2D eigenvalue weighted by molar-refractivity contribution is -0.120. The van der Waals surface area contributed by atoms with Gasteiger partial charge in [0.05, 0.1) is 11.3 Å². The molecule has 31 heavy (non-hydrogen) atoms. The molecule has 0 saturated heterocycles. The van der Waals surface area contributed by atoms with E-state index in [1.165, 1.54) is 4.90 Å². The number of para-hydroxylation sites is 1. The molecule has 0 atom stereocenters. The fourth-order valence-corrected chi connectivity index (χ4v) is 3.76. The minimum absolute atomic E-state index is 0.306. The lowest BCUT2D eigenvalue weighted by atomic mass is 9.99. The Labute approximate surface area is 183 Å². The Bertz CT molecular complexity index is 1250. The van der Waals surface area contributed by atoms with Gasteiger partial charge in [0.1, 0.15) is 5.70 Å². The van der Waals surface area contributed by atoms with Gasteiger partial charge < -0.3 is 5.32 Å². The van der Waals surface area contributed by atoms with Gasteiger partial charge in [-0.2, -0.15) is 0 Å². The molecule has 1 aliphatic heterocycles. The van der Waals surface area contributed by atoms with Gasteiger partial charge >= 0.3 is 0 Å². The molecule has 0 bridgehead atoms. The summed E-state index contributed by atoms with van der Waals surface area (Å²) in [4.78, 5) is 28.4. The Kier molecular flexibility index (Phi) is 5.24. The summed E-state index contributed by atoms with van der Waals surface area (Å²) >= 11 is 0. The fourth-order valence-electron chi connectivity index (χ4n) is 3.76. The summed E-state index contributed by atoms with van der Waals surface area (Å²) in [5, 5.41) is 3.27. The smallest absolute Gasteiger partial charge is 0.282 e. The second-order valence-electron chi connectivity index (χ2n) is 8.20. The van der Waals surface area contributed by atoms with Crippen LogP contribution in [-0.4, -0.2) is 11.8 Å². The highest BCUT2D eigenvalue weighted by molar-refractivity contribution is 6.46. The molecule has 3 aromatic rings. The third-order valence-corrected chi connectivity index (χ3v) is 6.03. The number of aryl methyl sites for hydroxylation is 5. The summed E-state index contributed by atoms with van der Waals surface area (Å²) in [5.74, 6) is -0.655. The van der Waals surface area contributed by atoms with Crippen molar-refractivity contribution in [2.75, 3.05) is 10.2 Å². The topological polar surface area (TPSA) is 49.4 Å². The van der Waals surface area contributed by atoms with Gasteiger partial charge in [-0.3, -0.25) is 9.59 Å². The van der Waals surface area contributed by atoms with Gasteiger partial charge in [-0.15, -0.1) is 0 Å². The minimum atomic E-state index is -0.343. The molecule has 1 heterocycles. The van der Waals surface area contributed by atoms with E-state index in [2.05, 4.69) is 5.32 Å². The Morgan fingerprint density at radius 1 is 0.645 bits per heavy atom. The second-order valence-corrected chi connectivity index (χ2v) is 8.20. The summed E-state index contributed by atoms with van der Waals surface area (Å²) in [6.45, 7) is 10.0. The third-order valence-electron chi connectivity index (χ3n) is 6.03. The molecular formula is C27H26N2O2. The van der Waals surface area contributed by atoms with Crippen molar-refractivity contribution < 1.29 is 9.59 Å². The van der Waals surface area contributed by atoms with Crippen molar-refractivity contribution in [3.8, 4) is 0 Å². The number of rotatable bonds is 4. The van der Waals surface area contributed by atoms with Crippen LogP contribution in [0.25, 0.3) is 5.57 Å². The zero-order valence-corrected chi connectivity index (χ0v) is 18.5. The average molecular weight is 411 g/mol. The summed E-state index contributed by atoms with van der Waals surface area (Å²) in [7, 11) is 0. The van der Waals surface area contributed by atoms with E-state index in [4.69, 9.17) is 0 Å². The van der Waals surface area contributed by atoms with E-state index in [0.717, 1.165) is 39.1 Å². The molecule has 1 N–H and O–H groups in total. The van der Waals surface area contributed by atoms with Gasteiger partial charge in [-0.1, -0.05) is 42.5 Å². The lowest BCUT2D eigenvalue weighted by Crippen LogP contribution is -2.32. The van der Waals surface area contributed by atoms with Crippen molar-refractivity contribution in [2.24, 2.45) is 0 Å². The van der Waals surface area contributed by atoms with Crippen molar-refractivity contribution in [1.82, 2.24) is 0 Å². The number of carbonyl (C=O) groups excluding carboxylic acids is 2. The van der Waals surface area contributed by atoms with Crippen molar-refractivity contribution >= 4 is 28.8 Å². The maximum Gasteiger partial charge on any atom is 0.282 e. The molecule has 0 spiro atoms. The molecule has 0 aromatic heterocycles. The molecule has 2 amide bonds. The second kappa shape index (κ2) is 7.88. The van der Waals surface area contributed by atoms with E-state index in [1.54, 1.807) is 0 Å². The zero-order chi connectivity index (χ0) is 22.3. The number of carbonyl (C=O) groups is 2. The molecule has 0 fully saturated rings. The molecule has 0 aliphatic carbocycles. The number of benzene rings is 3. The summed E-state index contributed by atoms with van der Waals surface area (Å²) in [6, 6.07) is 19.3. The van der Waals surface area contributed by atoms with Crippen LogP contribution in [0.3, 0.4) is 0 Å². The minimum Gasteiger partial charge on any atom is -0.350 e. The van der Waals surface area contributed by atoms with Crippen LogP contribution in [0.1, 0.15) is 33.4 Å². The molecule has 1 aliphatic rings. The Morgan fingerprint density at radius 2 is 1.29 bits per heavy atom. The maximum absolute atomic E-state index is 13.6. The van der Waals surface area contributed by atoms with E-state index in [1.807, 2.05) is 95.3 Å². The number of hydrogen-bond donors (Lipinski definition) is 1. The number of nitrogens with one attached hydrogen (secondary N) is 1. The van der Waals surface area contributed by atoms with Crippen LogP contribution in [0.4, 0.5) is 11.4 Å².